The van der Waals surface area contributed by atoms with Crippen molar-refractivity contribution in [3.8, 4) is 0 Å². The number of carbonyl (C=O) groups is 2. The standard InChI is InChI=1S/C23H29FN4O2/c1-16-11-17(2)28(25-16)10-9-22(29)26-14-19-6-4-8-23(30)27(21(19)15-26)13-18-5-3-7-20(24)12-18/h3,5,7,11-12,19,21H,4,6,8-10,13-15H2,1-2H3/t19-,21+/m1/s1. The summed E-state index contributed by atoms with van der Waals surface area (Å²) in [5.41, 5.74) is 2.80. The molecule has 7 heteroatoms. The Bertz CT molecular complexity index is 941. The topological polar surface area (TPSA) is 58.4 Å². The number of carbonyl (C=O) groups excluding carboxylic acids is 2. The summed E-state index contributed by atoms with van der Waals surface area (Å²) >= 11 is 0. The number of amides is 2. The SMILES string of the molecule is Cc1cc(C)n(CCC(=O)N2C[C@H]3CCCC(=O)N(Cc4cccc(F)c4)[C@H]3C2)n1. The Kier molecular flexibility index (Phi) is 5.88. The molecule has 4 rings (SSSR count). The number of hydrogen-bond acceptors (Lipinski definition) is 3. The van der Waals surface area contributed by atoms with Crippen molar-refractivity contribution in [3.05, 3.63) is 53.1 Å². The van der Waals surface area contributed by atoms with E-state index in [1.54, 1.807) is 6.07 Å². The second kappa shape index (κ2) is 8.58. The number of benzene rings is 1. The van der Waals surface area contributed by atoms with E-state index in [2.05, 4.69) is 5.10 Å². The summed E-state index contributed by atoms with van der Waals surface area (Å²) in [5.74, 6) is 0.193. The van der Waals surface area contributed by atoms with Crippen LogP contribution < -0.4 is 0 Å². The molecule has 2 atom stereocenters. The highest BCUT2D eigenvalue weighted by molar-refractivity contribution is 5.78. The number of rotatable bonds is 5. The molecule has 0 N–H and O–H groups in total. The summed E-state index contributed by atoms with van der Waals surface area (Å²) in [6, 6.07) is 8.43. The molecule has 2 fully saturated rings. The first-order chi connectivity index (χ1) is 14.4. The van der Waals surface area contributed by atoms with E-state index >= 15 is 0 Å². The van der Waals surface area contributed by atoms with Crippen LogP contribution in [0.25, 0.3) is 0 Å². The predicted molar refractivity (Wildman–Crippen MR) is 111 cm³/mol. The van der Waals surface area contributed by atoms with Crippen molar-refractivity contribution >= 4 is 11.8 Å². The van der Waals surface area contributed by atoms with Crippen molar-refractivity contribution in [1.29, 1.82) is 0 Å². The lowest BCUT2D eigenvalue weighted by atomic mass is 9.98. The molecule has 1 aromatic carbocycles. The molecule has 0 bridgehead atoms. The maximum absolute atomic E-state index is 13.6. The molecular formula is C23H29FN4O2. The molecule has 0 saturated carbocycles. The molecule has 2 amide bonds. The number of aryl methyl sites for hydroxylation is 3. The minimum atomic E-state index is -0.293. The van der Waals surface area contributed by atoms with Gasteiger partial charge in [-0.15, -0.1) is 0 Å². The van der Waals surface area contributed by atoms with Crippen molar-refractivity contribution < 1.29 is 14.0 Å². The average Bonchev–Trinajstić information content (AvgIpc) is 3.23. The van der Waals surface area contributed by atoms with E-state index in [1.807, 2.05) is 40.5 Å². The van der Waals surface area contributed by atoms with Crippen LogP contribution in [-0.4, -0.2) is 50.5 Å². The van der Waals surface area contributed by atoms with Crippen molar-refractivity contribution in [2.24, 2.45) is 5.92 Å². The minimum Gasteiger partial charge on any atom is -0.340 e. The van der Waals surface area contributed by atoms with E-state index in [1.165, 1.54) is 12.1 Å². The molecule has 2 saturated heterocycles. The maximum atomic E-state index is 13.6. The molecule has 160 valence electrons. The molecule has 2 aliphatic rings. The van der Waals surface area contributed by atoms with Gasteiger partial charge in [-0.3, -0.25) is 14.3 Å². The van der Waals surface area contributed by atoms with Crippen LogP contribution in [0.2, 0.25) is 0 Å². The Labute approximate surface area is 176 Å². The molecule has 2 aromatic rings. The van der Waals surface area contributed by atoms with Crippen LogP contribution in [0.15, 0.2) is 30.3 Å². The van der Waals surface area contributed by atoms with Crippen LogP contribution >= 0.6 is 0 Å². The van der Waals surface area contributed by atoms with Gasteiger partial charge in [0.15, 0.2) is 0 Å². The van der Waals surface area contributed by atoms with Crippen molar-refractivity contribution in [2.45, 2.75) is 58.7 Å². The second-order valence-corrected chi connectivity index (χ2v) is 8.57. The van der Waals surface area contributed by atoms with Gasteiger partial charge < -0.3 is 9.80 Å². The van der Waals surface area contributed by atoms with E-state index in [4.69, 9.17) is 0 Å². The predicted octanol–water partition coefficient (Wildman–Crippen LogP) is 3.07. The Balaban J connectivity index is 1.43. The van der Waals surface area contributed by atoms with Crippen molar-refractivity contribution in [2.75, 3.05) is 13.1 Å². The number of hydrogen-bond donors (Lipinski definition) is 0. The molecule has 0 radical (unpaired) electrons. The van der Waals surface area contributed by atoms with Crippen molar-refractivity contribution in [3.63, 3.8) is 0 Å². The zero-order chi connectivity index (χ0) is 21.3. The number of nitrogens with zero attached hydrogens (tertiary/aromatic N) is 4. The fraction of sp³-hybridized carbons (Fsp3) is 0.522. The monoisotopic (exact) mass is 412 g/mol. The summed E-state index contributed by atoms with van der Waals surface area (Å²) in [4.78, 5) is 29.5. The lowest BCUT2D eigenvalue weighted by Crippen LogP contribution is -2.43. The lowest BCUT2D eigenvalue weighted by Gasteiger charge is -2.30. The second-order valence-electron chi connectivity index (χ2n) is 8.57. The van der Waals surface area contributed by atoms with Crippen LogP contribution in [0.3, 0.4) is 0 Å². The zero-order valence-corrected chi connectivity index (χ0v) is 17.7. The van der Waals surface area contributed by atoms with E-state index in [-0.39, 0.29) is 29.6 Å². The fourth-order valence-corrected chi connectivity index (χ4v) is 4.84. The summed E-state index contributed by atoms with van der Waals surface area (Å²) < 4.78 is 15.5. The molecule has 30 heavy (non-hydrogen) atoms. The third-order valence-electron chi connectivity index (χ3n) is 6.33. The first-order valence-corrected chi connectivity index (χ1v) is 10.7. The van der Waals surface area contributed by atoms with Crippen LogP contribution in [0, 0.1) is 25.6 Å². The highest BCUT2D eigenvalue weighted by atomic mass is 19.1. The largest absolute Gasteiger partial charge is 0.340 e. The maximum Gasteiger partial charge on any atom is 0.224 e. The van der Waals surface area contributed by atoms with Gasteiger partial charge >= 0.3 is 0 Å². The normalized spacial score (nSPS) is 21.6. The van der Waals surface area contributed by atoms with E-state index in [0.717, 1.165) is 29.8 Å². The number of likely N-dealkylation sites (tertiary alicyclic amines) is 2. The van der Waals surface area contributed by atoms with E-state index in [0.29, 0.717) is 39.0 Å². The van der Waals surface area contributed by atoms with Crippen LogP contribution in [0.1, 0.15) is 42.6 Å². The molecule has 3 heterocycles. The van der Waals surface area contributed by atoms with Gasteiger partial charge in [0, 0.05) is 44.7 Å². The van der Waals surface area contributed by atoms with Gasteiger partial charge in [-0.1, -0.05) is 12.1 Å². The molecule has 0 unspecified atom stereocenters. The first-order valence-electron chi connectivity index (χ1n) is 10.7. The van der Waals surface area contributed by atoms with Gasteiger partial charge in [-0.05, 0) is 56.4 Å². The van der Waals surface area contributed by atoms with E-state index in [9.17, 15) is 14.0 Å². The van der Waals surface area contributed by atoms with Crippen LogP contribution in [0.5, 0.6) is 0 Å². The quantitative estimate of drug-likeness (QED) is 0.758. The summed E-state index contributed by atoms with van der Waals surface area (Å²) in [5, 5.41) is 4.43. The summed E-state index contributed by atoms with van der Waals surface area (Å²) in [7, 11) is 0. The first kappa shape index (κ1) is 20.6. The third-order valence-corrected chi connectivity index (χ3v) is 6.33. The van der Waals surface area contributed by atoms with Gasteiger partial charge in [0.2, 0.25) is 11.8 Å². The highest BCUT2D eigenvalue weighted by Gasteiger charge is 2.41. The smallest absolute Gasteiger partial charge is 0.224 e. The van der Waals surface area contributed by atoms with Gasteiger partial charge in [0.25, 0.3) is 0 Å². The Hall–Kier alpha value is -2.70. The van der Waals surface area contributed by atoms with Gasteiger partial charge in [-0.25, -0.2) is 4.39 Å². The Morgan fingerprint density at radius 2 is 2.07 bits per heavy atom. The molecule has 2 aliphatic heterocycles. The zero-order valence-electron chi connectivity index (χ0n) is 17.7. The molecule has 0 aliphatic carbocycles. The Morgan fingerprint density at radius 3 is 2.80 bits per heavy atom. The third kappa shape index (κ3) is 4.40. The van der Waals surface area contributed by atoms with Crippen molar-refractivity contribution in [1.82, 2.24) is 19.6 Å². The van der Waals surface area contributed by atoms with Gasteiger partial charge in [0.1, 0.15) is 5.82 Å². The molecule has 0 spiro atoms. The molecule has 1 aromatic heterocycles. The van der Waals surface area contributed by atoms with Gasteiger partial charge in [-0.2, -0.15) is 5.10 Å². The minimum absolute atomic E-state index is 0.000834. The van der Waals surface area contributed by atoms with Crippen LogP contribution in [-0.2, 0) is 22.7 Å². The van der Waals surface area contributed by atoms with Gasteiger partial charge in [0.05, 0.1) is 11.7 Å². The van der Waals surface area contributed by atoms with E-state index < -0.39 is 0 Å². The lowest BCUT2D eigenvalue weighted by molar-refractivity contribution is -0.135. The summed E-state index contributed by atoms with van der Waals surface area (Å²) in [6.07, 6.45) is 2.71. The Morgan fingerprint density at radius 1 is 1.23 bits per heavy atom. The number of aromatic nitrogens is 2. The molecule has 6 nitrogen and oxygen atoms in total. The van der Waals surface area contributed by atoms with Crippen LogP contribution in [0.4, 0.5) is 4.39 Å². The number of halogens is 1. The fourth-order valence-electron chi connectivity index (χ4n) is 4.84. The summed E-state index contributed by atoms with van der Waals surface area (Å²) in [6.45, 7) is 6.15. The number of fused-ring (bicyclic) bond motifs is 1. The molecular weight excluding hydrogens is 383 g/mol. The highest BCUT2D eigenvalue weighted by Crippen LogP contribution is 2.32. The average molecular weight is 413 g/mol.